The number of anilines is 1. The van der Waals surface area contributed by atoms with Crippen LogP contribution in [0.4, 0.5) is 5.69 Å². The van der Waals surface area contributed by atoms with E-state index in [2.05, 4.69) is 34.6 Å². The Labute approximate surface area is 148 Å². The summed E-state index contributed by atoms with van der Waals surface area (Å²) < 4.78 is 0. The Bertz CT molecular complexity index is 878. The van der Waals surface area contributed by atoms with Crippen LogP contribution in [0.15, 0.2) is 60.8 Å². The van der Waals surface area contributed by atoms with Crippen LogP contribution in [-0.2, 0) is 0 Å². The molecule has 4 rings (SSSR count). The Morgan fingerprint density at radius 3 is 2.48 bits per heavy atom. The summed E-state index contributed by atoms with van der Waals surface area (Å²) >= 11 is 0. The normalized spacial score (nSPS) is 15.2. The minimum absolute atomic E-state index is 0.161. The molecule has 3 heteroatoms. The molecule has 0 aliphatic heterocycles. The highest BCUT2D eigenvalue weighted by molar-refractivity contribution is 6.09. The van der Waals surface area contributed by atoms with Crippen molar-refractivity contribution in [2.45, 2.75) is 38.0 Å². The second kappa shape index (κ2) is 7.06. The van der Waals surface area contributed by atoms with Gasteiger partial charge in [-0.2, -0.15) is 0 Å². The van der Waals surface area contributed by atoms with E-state index in [1.807, 2.05) is 24.3 Å². The first-order valence-corrected chi connectivity index (χ1v) is 9.07. The van der Waals surface area contributed by atoms with Gasteiger partial charge in [-0.3, -0.25) is 9.78 Å². The highest BCUT2D eigenvalue weighted by atomic mass is 16.1. The number of hydrogen-bond acceptors (Lipinski definition) is 2. The average Bonchev–Trinajstić information content (AvgIpc) is 2.69. The number of carbonyl (C=O) groups is 1. The number of aromatic nitrogens is 1. The lowest BCUT2D eigenvalue weighted by molar-refractivity contribution is 0.102. The summed E-state index contributed by atoms with van der Waals surface area (Å²) in [7, 11) is 0. The summed E-state index contributed by atoms with van der Waals surface area (Å²) in [6, 6.07) is 18.0. The number of carbonyl (C=O) groups excluding carboxylic acids is 1. The summed E-state index contributed by atoms with van der Waals surface area (Å²) in [6.07, 6.45) is 8.05. The van der Waals surface area contributed by atoms with E-state index in [1.165, 1.54) is 48.4 Å². The van der Waals surface area contributed by atoms with E-state index < -0.39 is 0 Å². The van der Waals surface area contributed by atoms with Gasteiger partial charge in [0, 0.05) is 17.3 Å². The summed E-state index contributed by atoms with van der Waals surface area (Å²) in [5, 5.41) is 5.44. The molecule has 1 amide bonds. The second-order valence-corrected chi connectivity index (χ2v) is 6.75. The van der Waals surface area contributed by atoms with Crippen LogP contribution >= 0.6 is 0 Å². The second-order valence-electron chi connectivity index (χ2n) is 6.75. The molecule has 0 saturated heterocycles. The van der Waals surface area contributed by atoms with Gasteiger partial charge >= 0.3 is 0 Å². The molecule has 1 heterocycles. The van der Waals surface area contributed by atoms with Gasteiger partial charge in [0.1, 0.15) is 5.69 Å². The summed E-state index contributed by atoms with van der Waals surface area (Å²) in [5.74, 6) is 0.428. The van der Waals surface area contributed by atoms with Gasteiger partial charge in [-0.25, -0.2) is 0 Å². The number of benzene rings is 2. The van der Waals surface area contributed by atoms with Crippen LogP contribution < -0.4 is 5.32 Å². The fourth-order valence-corrected chi connectivity index (χ4v) is 3.91. The van der Waals surface area contributed by atoms with Crippen LogP contribution in [-0.4, -0.2) is 10.9 Å². The summed E-state index contributed by atoms with van der Waals surface area (Å²) in [6.45, 7) is 0. The van der Waals surface area contributed by atoms with Gasteiger partial charge in [-0.05, 0) is 47.9 Å². The lowest BCUT2D eigenvalue weighted by atomic mass is 9.82. The van der Waals surface area contributed by atoms with E-state index in [0.29, 0.717) is 11.6 Å². The maximum absolute atomic E-state index is 12.6. The van der Waals surface area contributed by atoms with E-state index in [1.54, 1.807) is 12.3 Å². The first kappa shape index (κ1) is 15.8. The fourth-order valence-electron chi connectivity index (χ4n) is 3.91. The molecule has 1 N–H and O–H groups in total. The van der Waals surface area contributed by atoms with E-state index in [4.69, 9.17) is 0 Å². The topological polar surface area (TPSA) is 42.0 Å². The van der Waals surface area contributed by atoms with Crippen LogP contribution in [0.25, 0.3) is 10.8 Å². The minimum Gasteiger partial charge on any atom is -0.320 e. The molecule has 25 heavy (non-hydrogen) atoms. The van der Waals surface area contributed by atoms with Crippen LogP contribution in [0.1, 0.15) is 54.1 Å². The number of nitrogens with zero attached hydrogens (tertiary/aromatic N) is 1. The van der Waals surface area contributed by atoms with E-state index in [9.17, 15) is 4.79 Å². The average molecular weight is 330 g/mol. The number of amides is 1. The van der Waals surface area contributed by atoms with Gasteiger partial charge in [-0.15, -0.1) is 0 Å². The molecule has 0 bridgehead atoms. The van der Waals surface area contributed by atoms with Crippen molar-refractivity contribution in [3.05, 3.63) is 72.1 Å². The molecule has 3 nitrogen and oxygen atoms in total. The van der Waals surface area contributed by atoms with Crippen molar-refractivity contribution in [2.75, 3.05) is 5.32 Å². The predicted molar refractivity (Wildman–Crippen MR) is 102 cm³/mol. The van der Waals surface area contributed by atoms with Gasteiger partial charge in [0.25, 0.3) is 5.91 Å². The molecule has 0 atom stereocenters. The van der Waals surface area contributed by atoms with Gasteiger partial charge in [0.2, 0.25) is 0 Å². The fraction of sp³-hybridized carbons (Fsp3) is 0.273. The molecule has 0 radical (unpaired) electrons. The van der Waals surface area contributed by atoms with Crippen molar-refractivity contribution < 1.29 is 4.79 Å². The third-order valence-electron chi connectivity index (χ3n) is 5.13. The molecule has 0 unspecified atom stereocenters. The number of pyridine rings is 1. The molecule has 2 aromatic carbocycles. The maximum atomic E-state index is 12.6. The molecular weight excluding hydrogens is 308 g/mol. The van der Waals surface area contributed by atoms with Crippen molar-refractivity contribution in [2.24, 2.45) is 0 Å². The SMILES string of the molecule is O=C(Nc1cccc2cccc(C3CCCCC3)c12)c1ccccn1. The Morgan fingerprint density at radius 1 is 0.920 bits per heavy atom. The van der Waals surface area contributed by atoms with Crippen molar-refractivity contribution in [1.82, 2.24) is 4.98 Å². The molecule has 1 saturated carbocycles. The van der Waals surface area contributed by atoms with Crippen molar-refractivity contribution >= 4 is 22.4 Å². The van der Waals surface area contributed by atoms with E-state index >= 15 is 0 Å². The zero-order valence-electron chi connectivity index (χ0n) is 14.2. The van der Waals surface area contributed by atoms with Gasteiger partial charge < -0.3 is 5.32 Å². The maximum Gasteiger partial charge on any atom is 0.274 e. The van der Waals surface area contributed by atoms with Crippen LogP contribution in [0, 0.1) is 0 Å². The lowest BCUT2D eigenvalue weighted by Gasteiger charge is -2.24. The van der Waals surface area contributed by atoms with E-state index in [0.717, 1.165) is 5.69 Å². The third kappa shape index (κ3) is 3.27. The Balaban J connectivity index is 1.74. The Morgan fingerprint density at radius 2 is 1.72 bits per heavy atom. The number of rotatable bonds is 3. The molecule has 1 fully saturated rings. The van der Waals surface area contributed by atoms with Gasteiger partial charge in [0.15, 0.2) is 0 Å². The first-order chi connectivity index (χ1) is 12.3. The lowest BCUT2D eigenvalue weighted by Crippen LogP contribution is -2.14. The monoisotopic (exact) mass is 330 g/mol. The molecule has 0 spiro atoms. The molecular formula is C22H22N2O. The minimum atomic E-state index is -0.161. The Kier molecular flexibility index (Phi) is 4.47. The van der Waals surface area contributed by atoms with Crippen molar-refractivity contribution in [3.8, 4) is 0 Å². The molecule has 1 aliphatic rings. The third-order valence-corrected chi connectivity index (χ3v) is 5.13. The van der Waals surface area contributed by atoms with Gasteiger partial charge in [0.05, 0.1) is 0 Å². The number of fused-ring (bicyclic) bond motifs is 1. The van der Waals surface area contributed by atoms with Crippen molar-refractivity contribution in [3.63, 3.8) is 0 Å². The molecule has 126 valence electrons. The van der Waals surface area contributed by atoms with Crippen LogP contribution in [0.5, 0.6) is 0 Å². The van der Waals surface area contributed by atoms with Crippen LogP contribution in [0.2, 0.25) is 0 Å². The highest BCUT2D eigenvalue weighted by Gasteiger charge is 2.19. The molecule has 1 aliphatic carbocycles. The highest BCUT2D eigenvalue weighted by Crippen LogP contribution is 2.39. The predicted octanol–water partition coefficient (Wildman–Crippen LogP) is 5.53. The standard InChI is InChI=1S/C22H22N2O/c25-22(20-13-4-5-15-23-20)24-19-14-7-11-17-10-6-12-18(21(17)19)16-8-2-1-3-9-16/h4-7,10-16H,1-3,8-9H2,(H,24,25). The van der Waals surface area contributed by atoms with Crippen molar-refractivity contribution in [1.29, 1.82) is 0 Å². The zero-order chi connectivity index (χ0) is 17.1. The van der Waals surface area contributed by atoms with E-state index in [-0.39, 0.29) is 5.91 Å². The molecule has 1 aromatic heterocycles. The number of nitrogens with one attached hydrogen (secondary N) is 1. The number of hydrogen-bond donors (Lipinski definition) is 1. The van der Waals surface area contributed by atoms with Crippen LogP contribution in [0.3, 0.4) is 0 Å². The first-order valence-electron chi connectivity index (χ1n) is 9.07. The van der Waals surface area contributed by atoms with Gasteiger partial charge in [-0.1, -0.05) is 55.7 Å². The smallest absolute Gasteiger partial charge is 0.274 e. The molecule has 3 aromatic rings. The summed E-state index contributed by atoms with van der Waals surface area (Å²) in [5.41, 5.74) is 2.69. The Hall–Kier alpha value is -2.68. The quantitative estimate of drug-likeness (QED) is 0.685. The largest absolute Gasteiger partial charge is 0.320 e. The zero-order valence-corrected chi connectivity index (χ0v) is 14.2. The summed E-state index contributed by atoms with van der Waals surface area (Å²) in [4.78, 5) is 16.7.